The topological polar surface area (TPSA) is 153 Å². The van der Waals surface area contributed by atoms with E-state index < -0.39 is 48.1 Å². The smallest absolute Gasteiger partial charge is 0.373 e. The lowest BCUT2D eigenvalue weighted by molar-refractivity contribution is -0.161. The molecule has 0 aromatic carbocycles. The third-order valence-corrected chi connectivity index (χ3v) is 3.71. The fourth-order valence-electron chi connectivity index (χ4n) is 2.69. The van der Waals surface area contributed by atoms with Gasteiger partial charge in [-0.25, -0.2) is 4.79 Å². The van der Waals surface area contributed by atoms with Crippen molar-refractivity contribution in [3.8, 4) is 6.19 Å². The molecule has 0 spiro atoms. The second-order valence-corrected chi connectivity index (χ2v) is 5.89. The standard InChI is InChI=1S/C17H23N3O8/c1-9(21)20-15-12(19-8-18)7-14(17(24)25-4)28-16(15)13(27-11(3)23)5-6-26-10(2)22/h7,12-13,15-16,19H,5-6H2,1-4H3,(H,20,21)/t12-,13+,15+,16-/m0/s1. The van der Waals surface area contributed by atoms with E-state index in [2.05, 4.69) is 15.4 Å². The molecular formula is C17H23N3O8. The van der Waals surface area contributed by atoms with E-state index in [0.29, 0.717) is 0 Å². The Morgan fingerprint density at radius 3 is 2.43 bits per heavy atom. The van der Waals surface area contributed by atoms with E-state index in [1.54, 1.807) is 6.19 Å². The van der Waals surface area contributed by atoms with Gasteiger partial charge in [-0.2, -0.15) is 5.26 Å². The van der Waals surface area contributed by atoms with Gasteiger partial charge in [0, 0.05) is 27.2 Å². The zero-order valence-corrected chi connectivity index (χ0v) is 16.0. The van der Waals surface area contributed by atoms with Crippen LogP contribution < -0.4 is 10.6 Å². The average molecular weight is 397 g/mol. The lowest BCUT2D eigenvalue weighted by Crippen LogP contribution is -2.61. The molecule has 0 bridgehead atoms. The zero-order valence-electron chi connectivity index (χ0n) is 16.0. The Bertz CT molecular complexity index is 684. The number of hydrogen-bond acceptors (Lipinski definition) is 10. The minimum atomic E-state index is -1.06. The summed E-state index contributed by atoms with van der Waals surface area (Å²) in [5.41, 5.74) is 0. The van der Waals surface area contributed by atoms with Gasteiger partial charge in [-0.1, -0.05) is 0 Å². The second kappa shape index (κ2) is 10.8. The quantitative estimate of drug-likeness (QED) is 0.232. The number of nitrogens with one attached hydrogen (secondary N) is 2. The number of esters is 3. The number of rotatable bonds is 8. The van der Waals surface area contributed by atoms with Crippen molar-refractivity contribution in [3.05, 3.63) is 11.8 Å². The van der Waals surface area contributed by atoms with E-state index in [0.717, 1.165) is 7.11 Å². The van der Waals surface area contributed by atoms with Crippen LogP contribution in [0.3, 0.4) is 0 Å². The van der Waals surface area contributed by atoms with Gasteiger partial charge in [0.1, 0.15) is 6.10 Å². The highest BCUT2D eigenvalue weighted by molar-refractivity contribution is 5.86. The highest BCUT2D eigenvalue weighted by atomic mass is 16.6. The van der Waals surface area contributed by atoms with Crippen LogP contribution in [0.15, 0.2) is 11.8 Å². The fourth-order valence-corrected chi connectivity index (χ4v) is 2.69. The van der Waals surface area contributed by atoms with Crippen molar-refractivity contribution in [1.82, 2.24) is 10.6 Å². The maximum Gasteiger partial charge on any atom is 0.373 e. The summed E-state index contributed by atoms with van der Waals surface area (Å²) in [6.07, 6.45) is 1.02. The van der Waals surface area contributed by atoms with Gasteiger partial charge in [-0.05, 0) is 6.08 Å². The highest BCUT2D eigenvalue weighted by Gasteiger charge is 2.43. The van der Waals surface area contributed by atoms with E-state index in [1.807, 2.05) is 0 Å². The molecule has 0 aromatic rings. The Balaban J connectivity index is 3.25. The van der Waals surface area contributed by atoms with Crippen LogP contribution in [0.25, 0.3) is 0 Å². The molecule has 11 heteroatoms. The van der Waals surface area contributed by atoms with Crippen molar-refractivity contribution in [2.75, 3.05) is 13.7 Å². The molecule has 1 amide bonds. The van der Waals surface area contributed by atoms with Crippen LogP contribution in [0, 0.1) is 11.5 Å². The number of nitrogens with zero attached hydrogens (tertiary/aromatic N) is 1. The van der Waals surface area contributed by atoms with Crippen molar-refractivity contribution in [2.24, 2.45) is 0 Å². The first-order valence-corrected chi connectivity index (χ1v) is 8.38. The van der Waals surface area contributed by atoms with E-state index >= 15 is 0 Å². The number of nitriles is 1. The first-order chi connectivity index (χ1) is 13.2. The number of hydrogen-bond donors (Lipinski definition) is 2. The first-order valence-electron chi connectivity index (χ1n) is 8.38. The van der Waals surface area contributed by atoms with Gasteiger partial charge in [-0.15, -0.1) is 0 Å². The Morgan fingerprint density at radius 1 is 1.25 bits per heavy atom. The van der Waals surface area contributed by atoms with E-state index in [4.69, 9.17) is 19.5 Å². The molecule has 0 saturated heterocycles. The molecule has 11 nitrogen and oxygen atoms in total. The van der Waals surface area contributed by atoms with E-state index in [9.17, 15) is 19.2 Å². The van der Waals surface area contributed by atoms with Crippen molar-refractivity contribution in [3.63, 3.8) is 0 Å². The third kappa shape index (κ3) is 6.79. The Morgan fingerprint density at radius 2 is 1.93 bits per heavy atom. The number of carbonyl (C=O) groups is 4. The molecule has 1 rings (SSSR count). The molecule has 0 saturated carbocycles. The highest BCUT2D eigenvalue weighted by Crippen LogP contribution is 2.25. The molecule has 0 radical (unpaired) electrons. The minimum absolute atomic E-state index is 0.0354. The van der Waals surface area contributed by atoms with Gasteiger partial charge in [0.15, 0.2) is 12.3 Å². The normalized spacial score (nSPS) is 21.7. The van der Waals surface area contributed by atoms with E-state index in [1.165, 1.54) is 26.8 Å². The van der Waals surface area contributed by atoms with Gasteiger partial charge in [0.05, 0.1) is 25.8 Å². The lowest BCUT2D eigenvalue weighted by atomic mass is 9.93. The molecular weight excluding hydrogens is 374 g/mol. The summed E-state index contributed by atoms with van der Waals surface area (Å²) in [4.78, 5) is 46.2. The summed E-state index contributed by atoms with van der Waals surface area (Å²) < 4.78 is 20.5. The molecule has 0 unspecified atom stereocenters. The molecule has 0 aliphatic carbocycles. The van der Waals surface area contributed by atoms with Crippen LogP contribution in [0.1, 0.15) is 27.2 Å². The fraction of sp³-hybridized carbons (Fsp3) is 0.588. The maximum atomic E-state index is 11.9. The summed E-state index contributed by atoms with van der Waals surface area (Å²) in [5.74, 6) is -2.62. The van der Waals surface area contributed by atoms with Crippen LogP contribution in [0.5, 0.6) is 0 Å². The molecule has 2 N–H and O–H groups in total. The van der Waals surface area contributed by atoms with Gasteiger partial charge < -0.3 is 29.6 Å². The Kier molecular flexibility index (Phi) is 8.74. The molecule has 1 aliphatic heterocycles. The molecule has 28 heavy (non-hydrogen) atoms. The average Bonchev–Trinajstić information content (AvgIpc) is 2.60. The van der Waals surface area contributed by atoms with Crippen molar-refractivity contribution in [2.45, 2.75) is 51.5 Å². The first kappa shape index (κ1) is 22.8. The second-order valence-electron chi connectivity index (χ2n) is 5.89. The lowest BCUT2D eigenvalue weighted by Gasteiger charge is -2.39. The zero-order chi connectivity index (χ0) is 21.3. The van der Waals surface area contributed by atoms with Crippen molar-refractivity contribution < 1.29 is 38.1 Å². The number of carbonyl (C=O) groups excluding carboxylic acids is 4. The number of amides is 1. The van der Waals surface area contributed by atoms with Crippen LogP contribution in [-0.4, -0.2) is 61.8 Å². The molecule has 1 aliphatic rings. The van der Waals surface area contributed by atoms with Gasteiger partial charge in [0.2, 0.25) is 11.7 Å². The predicted molar refractivity (Wildman–Crippen MR) is 91.9 cm³/mol. The van der Waals surface area contributed by atoms with E-state index in [-0.39, 0.29) is 18.8 Å². The van der Waals surface area contributed by atoms with Crippen molar-refractivity contribution in [1.29, 1.82) is 5.26 Å². The van der Waals surface area contributed by atoms with Crippen LogP contribution >= 0.6 is 0 Å². The summed E-state index contributed by atoms with van der Waals surface area (Å²) in [7, 11) is 1.15. The number of ether oxygens (including phenoxy) is 4. The third-order valence-electron chi connectivity index (χ3n) is 3.71. The maximum absolute atomic E-state index is 11.9. The Labute approximate surface area is 161 Å². The Hall–Kier alpha value is -3.29. The minimum Gasteiger partial charge on any atom is -0.477 e. The predicted octanol–water partition coefficient (Wildman–Crippen LogP) is -0.729. The van der Waals surface area contributed by atoms with Gasteiger partial charge in [-0.3, -0.25) is 14.4 Å². The summed E-state index contributed by atoms with van der Waals surface area (Å²) in [6.45, 7) is 3.58. The summed E-state index contributed by atoms with van der Waals surface area (Å²) in [5, 5.41) is 14.1. The monoisotopic (exact) mass is 397 g/mol. The van der Waals surface area contributed by atoms with Crippen LogP contribution in [0.2, 0.25) is 0 Å². The molecule has 0 fully saturated rings. The van der Waals surface area contributed by atoms with Crippen LogP contribution in [0.4, 0.5) is 0 Å². The van der Waals surface area contributed by atoms with Crippen LogP contribution in [-0.2, 0) is 38.1 Å². The van der Waals surface area contributed by atoms with Crippen molar-refractivity contribution >= 4 is 23.8 Å². The summed E-state index contributed by atoms with van der Waals surface area (Å²) >= 11 is 0. The molecule has 154 valence electrons. The van der Waals surface area contributed by atoms with Gasteiger partial charge >= 0.3 is 17.9 Å². The molecule has 1 heterocycles. The summed E-state index contributed by atoms with van der Waals surface area (Å²) in [6, 6.07) is -1.71. The SMILES string of the molecule is COC(=O)C1=C[C@H](NC#N)[C@@H](NC(C)=O)[C@H]([C@@H](CCOC(C)=O)OC(C)=O)O1. The van der Waals surface area contributed by atoms with Gasteiger partial charge in [0.25, 0.3) is 0 Å². The molecule has 4 atom stereocenters. The molecule has 0 aromatic heterocycles. The number of methoxy groups -OCH3 is 1. The largest absolute Gasteiger partial charge is 0.477 e.